The van der Waals surface area contributed by atoms with Crippen LogP contribution in [0.25, 0.3) is 0 Å². The van der Waals surface area contributed by atoms with Gasteiger partial charge in [0.15, 0.2) is 0 Å². The molecule has 0 saturated carbocycles. The summed E-state index contributed by atoms with van der Waals surface area (Å²) in [4.78, 5) is 9.00. The fourth-order valence-electron chi connectivity index (χ4n) is 0.299. The van der Waals surface area contributed by atoms with E-state index in [2.05, 4.69) is 23.3 Å². The van der Waals surface area contributed by atoms with Crippen LogP contribution >= 0.6 is 0 Å². The second kappa shape index (κ2) is 6.50. The third kappa shape index (κ3) is 5.50. The minimum absolute atomic E-state index is 0.655. The molecule has 0 aromatic rings. The van der Waals surface area contributed by atoms with E-state index in [-0.39, 0.29) is 0 Å². The monoisotopic (exact) mass is 116 g/mol. The Morgan fingerprint density at radius 1 is 1.62 bits per heavy atom. The summed E-state index contributed by atoms with van der Waals surface area (Å²) < 4.78 is 0. The Balaban J connectivity index is 2.62. The normalized spacial score (nSPS) is 8.62. The minimum atomic E-state index is 0.655. The number of unbranched alkanes of at least 4 members (excludes halogenated alkanes) is 1. The van der Waals surface area contributed by atoms with Gasteiger partial charge < -0.3 is 4.89 Å². The van der Waals surface area contributed by atoms with Crippen LogP contribution in [-0.2, 0) is 9.78 Å². The Labute approximate surface area is 50.0 Å². The quantitative estimate of drug-likeness (QED) is 0.236. The molecule has 2 nitrogen and oxygen atoms in total. The first-order valence-corrected chi connectivity index (χ1v) is 2.81. The van der Waals surface area contributed by atoms with Gasteiger partial charge in [0.25, 0.3) is 0 Å². The van der Waals surface area contributed by atoms with E-state index in [1.54, 1.807) is 0 Å². The van der Waals surface area contributed by atoms with Crippen molar-refractivity contribution in [3.05, 3.63) is 12.8 Å². The molecule has 0 aromatic heterocycles. The number of hydrogen-bond donors (Lipinski definition) is 0. The van der Waals surface area contributed by atoms with Gasteiger partial charge in [-0.25, -0.2) is 0 Å². The predicted octanol–water partition coefficient (Wildman–Crippen LogP) is 1.88. The van der Waals surface area contributed by atoms with Crippen LogP contribution in [0.15, 0.2) is 12.8 Å². The maximum atomic E-state index is 4.61. The summed E-state index contributed by atoms with van der Waals surface area (Å²) in [6, 6.07) is 0. The van der Waals surface area contributed by atoms with E-state index < -0.39 is 0 Å². The molecule has 8 heavy (non-hydrogen) atoms. The molecule has 0 saturated heterocycles. The maximum absolute atomic E-state index is 4.61. The summed E-state index contributed by atoms with van der Waals surface area (Å²) >= 11 is 0. The molecule has 0 aliphatic rings. The van der Waals surface area contributed by atoms with E-state index in [1.807, 2.05) is 0 Å². The lowest BCUT2D eigenvalue weighted by Crippen LogP contribution is -1.89. The molecule has 0 N–H and O–H groups in total. The van der Waals surface area contributed by atoms with Crippen molar-refractivity contribution in [2.45, 2.75) is 19.8 Å². The van der Waals surface area contributed by atoms with Crippen LogP contribution in [0.2, 0.25) is 0 Å². The van der Waals surface area contributed by atoms with E-state index in [4.69, 9.17) is 0 Å². The van der Waals surface area contributed by atoms with Crippen LogP contribution in [0.5, 0.6) is 0 Å². The zero-order chi connectivity index (χ0) is 6.24. The summed E-state index contributed by atoms with van der Waals surface area (Å²) in [5, 5.41) is 0. The van der Waals surface area contributed by atoms with E-state index in [0.717, 1.165) is 12.8 Å². The molecule has 0 spiro atoms. The molecule has 2 heteroatoms. The van der Waals surface area contributed by atoms with Crippen LogP contribution < -0.4 is 0 Å². The first-order valence-electron chi connectivity index (χ1n) is 2.81. The van der Waals surface area contributed by atoms with Crippen molar-refractivity contribution in [1.29, 1.82) is 0 Å². The average Bonchev–Trinajstić information content (AvgIpc) is 1.81. The molecule has 0 radical (unpaired) electrons. The fraction of sp³-hybridized carbons (Fsp3) is 0.667. The first-order chi connectivity index (χ1) is 3.91. The molecule has 48 valence electrons. The van der Waals surface area contributed by atoms with Gasteiger partial charge in [0, 0.05) is 0 Å². The van der Waals surface area contributed by atoms with Crippen LogP contribution in [-0.4, -0.2) is 6.61 Å². The largest absolute Gasteiger partial charge is 0.346 e. The lowest BCUT2D eigenvalue weighted by molar-refractivity contribution is -0.248. The van der Waals surface area contributed by atoms with Gasteiger partial charge in [0.2, 0.25) is 0 Å². The third-order valence-electron chi connectivity index (χ3n) is 0.717. The smallest absolute Gasteiger partial charge is 0.122 e. The highest BCUT2D eigenvalue weighted by Gasteiger charge is 1.81. The molecule has 0 fully saturated rings. The summed E-state index contributed by atoms with van der Waals surface area (Å²) in [7, 11) is 0. The van der Waals surface area contributed by atoms with Crippen LogP contribution in [0.3, 0.4) is 0 Å². The van der Waals surface area contributed by atoms with E-state index in [1.165, 1.54) is 6.26 Å². The summed E-state index contributed by atoms with van der Waals surface area (Å²) in [6.07, 6.45) is 3.43. The van der Waals surface area contributed by atoms with Crippen molar-refractivity contribution in [1.82, 2.24) is 0 Å². The topological polar surface area (TPSA) is 18.5 Å². The average molecular weight is 116 g/mol. The molecule has 0 bridgehead atoms. The van der Waals surface area contributed by atoms with Crippen molar-refractivity contribution in [2.75, 3.05) is 6.61 Å². The van der Waals surface area contributed by atoms with Gasteiger partial charge in [-0.15, -0.1) is 0 Å². The van der Waals surface area contributed by atoms with Gasteiger partial charge in [-0.3, -0.25) is 0 Å². The van der Waals surface area contributed by atoms with Gasteiger partial charge >= 0.3 is 0 Å². The second-order valence-corrected chi connectivity index (χ2v) is 1.44. The molecule has 0 aliphatic carbocycles. The van der Waals surface area contributed by atoms with Crippen molar-refractivity contribution < 1.29 is 9.78 Å². The Morgan fingerprint density at radius 3 is 2.88 bits per heavy atom. The Bertz CT molecular complexity index is 52.5. The third-order valence-corrected chi connectivity index (χ3v) is 0.717. The van der Waals surface area contributed by atoms with Crippen LogP contribution in [0.4, 0.5) is 0 Å². The Kier molecular flexibility index (Phi) is 6.09. The highest BCUT2D eigenvalue weighted by Crippen LogP contribution is 1.87. The van der Waals surface area contributed by atoms with Crippen molar-refractivity contribution >= 4 is 0 Å². The first kappa shape index (κ1) is 7.50. The van der Waals surface area contributed by atoms with Gasteiger partial charge in [-0.05, 0) is 6.42 Å². The molecule has 0 unspecified atom stereocenters. The molecule has 0 atom stereocenters. The van der Waals surface area contributed by atoms with Crippen molar-refractivity contribution in [3.63, 3.8) is 0 Å². The van der Waals surface area contributed by atoms with Gasteiger partial charge in [0.05, 0.1) is 6.61 Å². The predicted molar refractivity (Wildman–Crippen MR) is 32.1 cm³/mol. The maximum Gasteiger partial charge on any atom is 0.122 e. The van der Waals surface area contributed by atoms with Crippen molar-refractivity contribution in [3.8, 4) is 0 Å². The van der Waals surface area contributed by atoms with Gasteiger partial charge in [-0.1, -0.05) is 19.9 Å². The molecule has 0 heterocycles. The lowest BCUT2D eigenvalue weighted by Gasteiger charge is -1.95. The highest BCUT2D eigenvalue weighted by molar-refractivity contribution is 4.42. The van der Waals surface area contributed by atoms with Crippen molar-refractivity contribution in [2.24, 2.45) is 0 Å². The summed E-state index contributed by atoms with van der Waals surface area (Å²) in [5.41, 5.74) is 0. The van der Waals surface area contributed by atoms with E-state index >= 15 is 0 Å². The lowest BCUT2D eigenvalue weighted by atomic mass is 10.4. The molecular formula is C6H12O2. The molecule has 0 rings (SSSR count). The van der Waals surface area contributed by atoms with Gasteiger partial charge in [0.1, 0.15) is 6.26 Å². The van der Waals surface area contributed by atoms with E-state index in [0.29, 0.717) is 6.61 Å². The second-order valence-electron chi connectivity index (χ2n) is 1.44. The number of rotatable bonds is 5. The molecule has 0 aliphatic heterocycles. The zero-order valence-electron chi connectivity index (χ0n) is 5.22. The Morgan fingerprint density at radius 2 is 2.38 bits per heavy atom. The Hall–Kier alpha value is -0.500. The number of hydrogen-bond acceptors (Lipinski definition) is 2. The van der Waals surface area contributed by atoms with E-state index in [9.17, 15) is 0 Å². The SMILES string of the molecule is C=COOCCCC. The standard InChI is InChI=1S/C6H12O2/c1-3-5-6-8-7-4-2/h4H,2-3,5-6H2,1H3. The fourth-order valence-corrected chi connectivity index (χ4v) is 0.299. The molecule has 0 amide bonds. The summed E-state index contributed by atoms with van der Waals surface area (Å²) in [6.45, 7) is 6.06. The zero-order valence-corrected chi connectivity index (χ0v) is 5.22. The van der Waals surface area contributed by atoms with Crippen LogP contribution in [0, 0.1) is 0 Å². The molecule has 0 aromatic carbocycles. The highest BCUT2D eigenvalue weighted by atomic mass is 17.2. The van der Waals surface area contributed by atoms with Crippen LogP contribution in [0.1, 0.15) is 19.8 Å². The minimum Gasteiger partial charge on any atom is -0.346 e. The molecular weight excluding hydrogens is 104 g/mol. The summed E-state index contributed by atoms with van der Waals surface area (Å²) in [5.74, 6) is 0. The van der Waals surface area contributed by atoms with Gasteiger partial charge in [-0.2, -0.15) is 4.89 Å².